The molecule has 0 radical (unpaired) electrons. The Hall–Kier alpha value is -3.70. The van der Waals surface area contributed by atoms with Crippen molar-refractivity contribution in [2.24, 2.45) is 0 Å². The summed E-state index contributed by atoms with van der Waals surface area (Å²) in [5, 5.41) is 2.48. The predicted molar refractivity (Wildman–Crippen MR) is 135 cm³/mol. The Morgan fingerprint density at radius 1 is 1.00 bits per heavy atom. The first-order valence-corrected chi connectivity index (χ1v) is 11.8. The molecule has 0 N–H and O–H groups in total. The number of rotatable bonds is 6. The first-order chi connectivity index (χ1) is 17.0. The number of hydrogen-bond acceptors (Lipinski definition) is 4. The zero-order chi connectivity index (χ0) is 24.4. The summed E-state index contributed by atoms with van der Waals surface area (Å²) in [6.45, 7) is 1.49. The Bertz CT molecular complexity index is 1360. The van der Waals surface area contributed by atoms with Gasteiger partial charge in [-0.05, 0) is 53.6 Å². The molecule has 0 bridgehead atoms. The number of para-hydroxylation sites is 1. The summed E-state index contributed by atoms with van der Waals surface area (Å²) < 4.78 is 26.3. The molecule has 0 saturated heterocycles. The summed E-state index contributed by atoms with van der Waals surface area (Å²) >= 11 is 0. The Kier molecular flexibility index (Phi) is 6.51. The molecule has 178 valence electrons. The maximum absolute atomic E-state index is 15.2. The van der Waals surface area contributed by atoms with E-state index in [4.69, 9.17) is 9.47 Å². The number of esters is 1. The second-order valence-corrected chi connectivity index (χ2v) is 9.13. The van der Waals surface area contributed by atoms with Gasteiger partial charge in [-0.15, -0.1) is 0 Å². The highest BCUT2D eigenvalue weighted by atomic mass is 19.1. The van der Waals surface area contributed by atoms with Crippen LogP contribution in [0.15, 0.2) is 84.9 Å². The smallest absolute Gasteiger partial charge is 0.337 e. The van der Waals surface area contributed by atoms with Gasteiger partial charge in [0.05, 0.1) is 12.7 Å². The van der Waals surface area contributed by atoms with E-state index in [1.165, 1.54) is 29.5 Å². The highest BCUT2D eigenvalue weighted by molar-refractivity contribution is 5.89. The van der Waals surface area contributed by atoms with Crippen LogP contribution in [0.4, 0.5) is 4.39 Å². The fourth-order valence-corrected chi connectivity index (χ4v) is 5.09. The van der Waals surface area contributed by atoms with Crippen LogP contribution in [-0.4, -0.2) is 37.7 Å². The monoisotopic (exact) mass is 469 g/mol. The Morgan fingerprint density at radius 3 is 2.60 bits per heavy atom. The van der Waals surface area contributed by atoms with Crippen molar-refractivity contribution < 1.29 is 18.7 Å². The molecule has 1 aliphatic rings. The standard InChI is InChI=1S/C30H28FNO3/c1-32(18-22-10-7-9-20-8-3-4-11-24(20)22)19-23-17-27(26-12-5-6-13-29(26)35-23)25-15-14-21(16-28(25)31)30(33)34-2/h3-16,23,27H,17-19H2,1-2H3. The molecular weight excluding hydrogens is 441 g/mol. The second kappa shape index (κ2) is 9.88. The zero-order valence-corrected chi connectivity index (χ0v) is 19.9. The van der Waals surface area contributed by atoms with E-state index in [1.54, 1.807) is 12.1 Å². The fraction of sp³-hybridized carbons (Fsp3) is 0.233. The van der Waals surface area contributed by atoms with Gasteiger partial charge < -0.3 is 9.47 Å². The number of hydrogen-bond donors (Lipinski definition) is 0. The summed E-state index contributed by atoms with van der Waals surface area (Å²) in [6, 6.07) is 27.2. The second-order valence-electron chi connectivity index (χ2n) is 9.13. The molecule has 5 rings (SSSR count). The molecule has 2 atom stereocenters. The molecule has 0 saturated carbocycles. The molecule has 35 heavy (non-hydrogen) atoms. The molecule has 1 heterocycles. The third-order valence-corrected chi connectivity index (χ3v) is 6.72. The third kappa shape index (κ3) is 4.77. The van der Waals surface area contributed by atoms with Crippen LogP contribution < -0.4 is 4.74 Å². The Labute approximate surface area is 204 Å². The van der Waals surface area contributed by atoms with Crippen LogP contribution in [-0.2, 0) is 11.3 Å². The molecule has 4 aromatic carbocycles. The van der Waals surface area contributed by atoms with Crippen LogP contribution in [0.5, 0.6) is 5.75 Å². The van der Waals surface area contributed by atoms with Crippen molar-refractivity contribution in [3.63, 3.8) is 0 Å². The van der Waals surface area contributed by atoms with Crippen molar-refractivity contribution in [3.05, 3.63) is 113 Å². The van der Waals surface area contributed by atoms with Gasteiger partial charge in [0.2, 0.25) is 0 Å². The third-order valence-electron chi connectivity index (χ3n) is 6.72. The lowest BCUT2D eigenvalue weighted by atomic mass is 9.83. The molecule has 2 unspecified atom stereocenters. The minimum Gasteiger partial charge on any atom is -0.489 e. The van der Waals surface area contributed by atoms with Crippen LogP contribution >= 0.6 is 0 Å². The van der Waals surface area contributed by atoms with E-state index in [0.717, 1.165) is 17.9 Å². The number of benzene rings is 4. The SMILES string of the molecule is COC(=O)c1ccc(C2CC(CN(C)Cc3cccc4ccccc34)Oc3ccccc32)c(F)c1. The van der Waals surface area contributed by atoms with Crippen molar-refractivity contribution in [3.8, 4) is 5.75 Å². The molecule has 4 nitrogen and oxygen atoms in total. The lowest BCUT2D eigenvalue weighted by Crippen LogP contribution is -2.37. The van der Waals surface area contributed by atoms with Crippen LogP contribution in [0.3, 0.4) is 0 Å². The average molecular weight is 470 g/mol. The highest BCUT2D eigenvalue weighted by Gasteiger charge is 2.31. The van der Waals surface area contributed by atoms with Crippen molar-refractivity contribution in [1.29, 1.82) is 0 Å². The first kappa shape index (κ1) is 23.1. The van der Waals surface area contributed by atoms with Crippen molar-refractivity contribution >= 4 is 16.7 Å². The number of halogens is 1. The molecule has 0 spiro atoms. The highest BCUT2D eigenvalue weighted by Crippen LogP contribution is 2.41. The number of methoxy groups -OCH3 is 1. The van der Waals surface area contributed by atoms with Gasteiger partial charge in [-0.3, -0.25) is 4.90 Å². The molecule has 5 heteroatoms. The van der Waals surface area contributed by atoms with Gasteiger partial charge in [0.1, 0.15) is 17.7 Å². The van der Waals surface area contributed by atoms with Crippen LogP contribution in [0, 0.1) is 5.82 Å². The summed E-state index contributed by atoms with van der Waals surface area (Å²) in [6.07, 6.45) is 0.542. The van der Waals surface area contributed by atoms with Gasteiger partial charge in [0.15, 0.2) is 0 Å². The van der Waals surface area contributed by atoms with Crippen molar-refractivity contribution in [2.75, 3.05) is 20.7 Å². The number of fused-ring (bicyclic) bond motifs is 2. The summed E-state index contributed by atoms with van der Waals surface area (Å²) in [7, 11) is 3.38. The molecular formula is C30H28FNO3. The van der Waals surface area contributed by atoms with Gasteiger partial charge in [-0.1, -0.05) is 66.7 Å². The minimum absolute atomic E-state index is 0.102. The number of nitrogens with zero attached hydrogens (tertiary/aromatic N) is 1. The van der Waals surface area contributed by atoms with E-state index in [2.05, 4.69) is 54.4 Å². The molecule has 4 aromatic rings. The van der Waals surface area contributed by atoms with Gasteiger partial charge in [0, 0.05) is 24.6 Å². The zero-order valence-electron chi connectivity index (χ0n) is 19.9. The van der Waals surface area contributed by atoms with Crippen molar-refractivity contribution in [1.82, 2.24) is 4.90 Å². The summed E-state index contributed by atoms with van der Waals surface area (Å²) in [4.78, 5) is 14.1. The first-order valence-electron chi connectivity index (χ1n) is 11.8. The van der Waals surface area contributed by atoms with Crippen LogP contribution in [0.25, 0.3) is 10.8 Å². The topological polar surface area (TPSA) is 38.8 Å². The summed E-state index contributed by atoms with van der Waals surface area (Å²) in [5.74, 6) is -0.334. The molecule has 0 aromatic heterocycles. The van der Waals surface area contributed by atoms with E-state index < -0.39 is 11.8 Å². The molecule has 0 fully saturated rings. The van der Waals surface area contributed by atoms with Crippen molar-refractivity contribution in [2.45, 2.75) is 25.0 Å². The minimum atomic E-state index is -0.546. The number of likely N-dealkylation sites (N-methyl/N-ethyl adjacent to an activating group) is 1. The fourth-order valence-electron chi connectivity index (χ4n) is 5.09. The number of ether oxygens (including phenoxy) is 2. The quantitative estimate of drug-likeness (QED) is 0.316. The van der Waals surface area contributed by atoms with Crippen LogP contribution in [0.2, 0.25) is 0 Å². The van der Waals surface area contributed by atoms with E-state index in [1.807, 2.05) is 24.3 Å². The largest absolute Gasteiger partial charge is 0.489 e. The van der Waals surface area contributed by atoms with Crippen LogP contribution in [0.1, 0.15) is 39.4 Å². The summed E-state index contributed by atoms with van der Waals surface area (Å²) in [5.41, 5.74) is 3.00. The predicted octanol–water partition coefficient (Wildman–Crippen LogP) is 6.18. The molecule has 0 amide bonds. The van der Waals surface area contributed by atoms with Gasteiger partial charge in [-0.2, -0.15) is 0 Å². The average Bonchev–Trinajstić information content (AvgIpc) is 2.88. The van der Waals surface area contributed by atoms with Gasteiger partial charge in [-0.25, -0.2) is 9.18 Å². The Balaban J connectivity index is 1.38. The molecule has 1 aliphatic heterocycles. The maximum Gasteiger partial charge on any atom is 0.337 e. The molecule has 0 aliphatic carbocycles. The van der Waals surface area contributed by atoms with E-state index >= 15 is 4.39 Å². The maximum atomic E-state index is 15.2. The van der Waals surface area contributed by atoms with E-state index in [0.29, 0.717) is 18.5 Å². The van der Waals surface area contributed by atoms with Gasteiger partial charge >= 0.3 is 5.97 Å². The van der Waals surface area contributed by atoms with Gasteiger partial charge in [0.25, 0.3) is 0 Å². The lowest BCUT2D eigenvalue weighted by molar-refractivity contribution is 0.0600. The van der Waals surface area contributed by atoms with E-state index in [9.17, 15) is 4.79 Å². The normalized spacial score (nSPS) is 17.1. The Morgan fingerprint density at radius 2 is 1.77 bits per heavy atom. The van der Waals surface area contributed by atoms with E-state index in [-0.39, 0.29) is 17.6 Å². The number of carbonyl (C=O) groups is 1. The lowest BCUT2D eigenvalue weighted by Gasteiger charge is -2.35. The number of carbonyl (C=O) groups excluding carboxylic acids is 1.